The van der Waals surface area contributed by atoms with Gasteiger partial charge in [0.25, 0.3) is 5.91 Å². The average Bonchev–Trinajstić information content (AvgIpc) is 2.72. The van der Waals surface area contributed by atoms with Crippen molar-refractivity contribution in [3.05, 3.63) is 29.6 Å². The molecule has 2 fully saturated rings. The highest BCUT2D eigenvalue weighted by Crippen LogP contribution is 2.24. The maximum absolute atomic E-state index is 14.2. The Kier molecular flexibility index (Phi) is 7.61. The first-order valence-electron chi connectivity index (χ1n) is 10.3. The van der Waals surface area contributed by atoms with E-state index >= 15 is 0 Å². The summed E-state index contributed by atoms with van der Waals surface area (Å²) in [6, 6.07) is 3.45. The van der Waals surface area contributed by atoms with E-state index in [1.54, 1.807) is 0 Å². The van der Waals surface area contributed by atoms with Crippen LogP contribution in [0, 0.1) is 11.7 Å². The first-order chi connectivity index (χ1) is 13.9. The van der Waals surface area contributed by atoms with Crippen LogP contribution in [0.25, 0.3) is 0 Å². The Hall–Kier alpha value is -1.55. The predicted molar refractivity (Wildman–Crippen MR) is 108 cm³/mol. The van der Waals surface area contributed by atoms with Crippen molar-refractivity contribution in [1.29, 1.82) is 0 Å². The van der Waals surface area contributed by atoms with E-state index in [1.807, 2.05) is 6.92 Å². The van der Waals surface area contributed by atoms with Gasteiger partial charge < -0.3 is 10.1 Å². The monoisotopic (exact) mass is 427 g/mol. The number of carbonyl (C=O) groups is 1. The Labute approximate surface area is 172 Å². The van der Waals surface area contributed by atoms with Crippen molar-refractivity contribution in [2.24, 2.45) is 5.92 Å². The van der Waals surface area contributed by atoms with E-state index < -0.39 is 21.7 Å². The van der Waals surface area contributed by atoms with Crippen molar-refractivity contribution < 1.29 is 22.3 Å². The first kappa shape index (κ1) is 22.1. The Morgan fingerprint density at radius 1 is 1.28 bits per heavy atom. The number of nitrogens with zero attached hydrogens (tertiary/aromatic N) is 2. The molecule has 1 aromatic rings. The van der Waals surface area contributed by atoms with Crippen molar-refractivity contribution in [1.82, 2.24) is 14.5 Å². The number of benzene rings is 1. The number of ether oxygens (including phenoxy) is 1. The number of hydrogen-bond acceptors (Lipinski definition) is 5. The van der Waals surface area contributed by atoms with Crippen molar-refractivity contribution in [2.45, 2.75) is 31.1 Å². The summed E-state index contributed by atoms with van der Waals surface area (Å²) in [5, 5.41) is 2.70. The normalized spacial score (nSPS) is 21.8. The molecule has 29 heavy (non-hydrogen) atoms. The third-order valence-electron chi connectivity index (χ3n) is 5.48. The maximum atomic E-state index is 14.2. The molecule has 2 saturated heterocycles. The Morgan fingerprint density at radius 3 is 2.76 bits per heavy atom. The minimum absolute atomic E-state index is 0.0357. The summed E-state index contributed by atoms with van der Waals surface area (Å²) in [7, 11) is -3.74. The lowest BCUT2D eigenvalue weighted by Crippen LogP contribution is -2.39. The van der Waals surface area contributed by atoms with Crippen LogP contribution in [0.2, 0.25) is 0 Å². The summed E-state index contributed by atoms with van der Waals surface area (Å²) in [6.07, 6.45) is 2.53. The smallest absolute Gasteiger partial charge is 0.254 e. The number of nitrogens with one attached hydrogen (secondary N) is 1. The number of hydrogen-bond donors (Lipinski definition) is 1. The highest BCUT2D eigenvalue weighted by Gasteiger charge is 2.29. The highest BCUT2D eigenvalue weighted by molar-refractivity contribution is 7.89. The fourth-order valence-electron chi connectivity index (χ4n) is 3.78. The molecule has 0 aliphatic carbocycles. The zero-order chi connectivity index (χ0) is 20.9. The van der Waals surface area contributed by atoms with Crippen molar-refractivity contribution >= 4 is 15.9 Å². The number of carbonyl (C=O) groups excluding carboxylic acids is 1. The molecule has 0 saturated carbocycles. The van der Waals surface area contributed by atoms with Crippen molar-refractivity contribution in [3.8, 4) is 0 Å². The van der Waals surface area contributed by atoms with Gasteiger partial charge in [-0.15, -0.1) is 0 Å². The fraction of sp³-hybridized carbons (Fsp3) is 0.650. The molecule has 0 bridgehead atoms. The van der Waals surface area contributed by atoms with E-state index in [-0.39, 0.29) is 16.4 Å². The van der Waals surface area contributed by atoms with E-state index in [1.165, 1.54) is 10.4 Å². The third-order valence-corrected chi connectivity index (χ3v) is 7.34. The van der Waals surface area contributed by atoms with E-state index in [0.29, 0.717) is 32.8 Å². The van der Waals surface area contributed by atoms with Crippen molar-refractivity contribution in [2.75, 3.05) is 52.5 Å². The van der Waals surface area contributed by atoms with Gasteiger partial charge in [0.05, 0.1) is 23.7 Å². The topological polar surface area (TPSA) is 79.0 Å². The molecule has 0 spiro atoms. The second-order valence-corrected chi connectivity index (χ2v) is 9.75. The van der Waals surface area contributed by atoms with E-state index in [9.17, 15) is 17.6 Å². The molecule has 1 aromatic carbocycles. The van der Waals surface area contributed by atoms with Gasteiger partial charge in [0, 0.05) is 32.7 Å². The van der Waals surface area contributed by atoms with Gasteiger partial charge in [-0.2, -0.15) is 4.31 Å². The Morgan fingerprint density at radius 2 is 2.03 bits per heavy atom. The molecule has 1 unspecified atom stereocenters. The number of amides is 1. The lowest BCUT2D eigenvalue weighted by molar-refractivity contribution is 0.0374. The van der Waals surface area contributed by atoms with Crippen LogP contribution >= 0.6 is 0 Å². The minimum atomic E-state index is -3.74. The van der Waals surface area contributed by atoms with Crippen LogP contribution < -0.4 is 5.32 Å². The van der Waals surface area contributed by atoms with Gasteiger partial charge in [0.2, 0.25) is 10.0 Å². The van der Waals surface area contributed by atoms with Crippen LogP contribution in [0.3, 0.4) is 0 Å². The van der Waals surface area contributed by atoms with Gasteiger partial charge in [0.1, 0.15) is 5.82 Å². The molecule has 0 radical (unpaired) electrons. The Bertz CT molecular complexity index is 812. The second kappa shape index (κ2) is 9.97. The minimum Gasteiger partial charge on any atom is -0.379 e. The van der Waals surface area contributed by atoms with E-state index in [2.05, 4.69) is 10.2 Å². The largest absolute Gasteiger partial charge is 0.379 e. The number of halogens is 1. The number of piperidine rings is 1. The zero-order valence-electron chi connectivity index (χ0n) is 16.9. The van der Waals surface area contributed by atoms with E-state index in [0.717, 1.165) is 51.0 Å². The molecule has 2 heterocycles. The van der Waals surface area contributed by atoms with Gasteiger partial charge in [-0.1, -0.05) is 6.92 Å². The SMILES string of the molecule is CC1CCCN(S(=O)(=O)c2ccc(F)c(C(=O)NCCCN3CCOCC3)c2)C1. The van der Waals surface area contributed by atoms with Crippen LogP contribution in [0.15, 0.2) is 23.1 Å². The summed E-state index contributed by atoms with van der Waals surface area (Å²) < 4.78 is 46.8. The molecule has 1 amide bonds. The second-order valence-electron chi connectivity index (χ2n) is 7.82. The Balaban J connectivity index is 1.61. The fourth-order valence-corrected chi connectivity index (χ4v) is 5.40. The number of sulfonamides is 1. The van der Waals surface area contributed by atoms with Crippen LogP contribution in [0.4, 0.5) is 4.39 Å². The molecule has 7 nitrogen and oxygen atoms in total. The number of rotatable bonds is 7. The summed E-state index contributed by atoms with van der Waals surface area (Å²) in [5.41, 5.74) is -0.234. The van der Waals surface area contributed by atoms with Gasteiger partial charge in [-0.05, 0) is 49.9 Å². The van der Waals surface area contributed by atoms with Crippen LogP contribution in [-0.2, 0) is 14.8 Å². The summed E-state index contributed by atoms with van der Waals surface area (Å²) >= 11 is 0. The quantitative estimate of drug-likeness (QED) is 0.670. The lowest BCUT2D eigenvalue weighted by Gasteiger charge is -2.30. The van der Waals surface area contributed by atoms with Gasteiger partial charge in [-0.3, -0.25) is 9.69 Å². The maximum Gasteiger partial charge on any atom is 0.254 e. The van der Waals surface area contributed by atoms with Gasteiger partial charge in [0.15, 0.2) is 0 Å². The predicted octanol–water partition coefficient (Wildman–Crippen LogP) is 1.70. The van der Waals surface area contributed by atoms with Crippen molar-refractivity contribution in [3.63, 3.8) is 0 Å². The molecule has 2 aliphatic rings. The van der Waals surface area contributed by atoms with Gasteiger partial charge in [-0.25, -0.2) is 12.8 Å². The molecule has 1 atom stereocenters. The molecular weight excluding hydrogens is 397 g/mol. The molecule has 9 heteroatoms. The summed E-state index contributed by atoms with van der Waals surface area (Å²) in [6.45, 7) is 7.32. The molecular formula is C20H30FN3O4S. The van der Waals surface area contributed by atoms with Crippen LogP contribution in [-0.4, -0.2) is 76.0 Å². The standard InChI is InChI=1S/C20H30FN3O4S/c1-16-4-2-9-24(15-16)29(26,27)17-5-6-19(21)18(14-17)20(25)22-7-3-8-23-10-12-28-13-11-23/h5-6,14,16H,2-4,7-13,15H2,1H3,(H,22,25). The summed E-state index contributed by atoms with van der Waals surface area (Å²) in [4.78, 5) is 14.6. The van der Waals surface area contributed by atoms with Crippen LogP contribution in [0.1, 0.15) is 36.5 Å². The number of morpholine rings is 1. The zero-order valence-corrected chi connectivity index (χ0v) is 17.7. The summed E-state index contributed by atoms with van der Waals surface area (Å²) in [5.74, 6) is -1.02. The van der Waals surface area contributed by atoms with E-state index in [4.69, 9.17) is 4.74 Å². The molecule has 162 valence electrons. The molecule has 2 aliphatic heterocycles. The third kappa shape index (κ3) is 5.75. The molecule has 1 N–H and O–H groups in total. The average molecular weight is 428 g/mol. The highest BCUT2D eigenvalue weighted by atomic mass is 32.2. The first-order valence-corrected chi connectivity index (χ1v) is 11.7. The van der Waals surface area contributed by atoms with Gasteiger partial charge >= 0.3 is 0 Å². The molecule has 3 rings (SSSR count). The van der Waals surface area contributed by atoms with Crippen LogP contribution in [0.5, 0.6) is 0 Å². The lowest BCUT2D eigenvalue weighted by atomic mass is 10.0. The molecule has 0 aromatic heterocycles.